The second kappa shape index (κ2) is 4.24. The van der Waals surface area contributed by atoms with Crippen LogP contribution in [0, 0.1) is 19.3 Å². The third-order valence-electron chi connectivity index (χ3n) is 4.33. The first-order valence-electron chi connectivity index (χ1n) is 7.14. The minimum absolute atomic E-state index is 0.116. The molecule has 1 spiro atoms. The number of aromatic nitrogens is 4. The molecule has 7 nitrogen and oxygen atoms in total. The molecular formula is C14H17N5O2. The van der Waals surface area contributed by atoms with Crippen LogP contribution in [0.1, 0.15) is 28.4 Å². The van der Waals surface area contributed by atoms with Crippen molar-refractivity contribution in [3.05, 3.63) is 23.3 Å². The predicted molar refractivity (Wildman–Crippen MR) is 74.0 cm³/mol. The van der Waals surface area contributed by atoms with Crippen LogP contribution in [-0.2, 0) is 4.74 Å². The molecule has 1 amide bonds. The van der Waals surface area contributed by atoms with Crippen LogP contribution in [0.15, 0.2) is 6.07 Å². The Hall–Kier alpha value is -2.02. The van der Waals surface area contributed by atoms with Crippen LogP contribution in [0.2, 0.25) is 0 Å². The van der Waals surface area contributed by atoms with E-state index in [1.54, 1.807) is 9.42 Å². The number of hydrogen-bond acceptors (Lipinski definition) is 5. The van der Waals surface area contributed by atoms with Gasteiger partial charge < -0.3 is 9.64 Å². The van der Waals surface area contributed by atoms with Gasteiger partial charge in [0, 0.05) is 36.5 Å². The molecule has 4 rings (SSSR count). The maximum Gasteiger partial charge on any atom is 0.293 e. The first-order chi connectivity index (χ1) is 10.1. The van der Waals surface area contributed by atoms with Crippen molar-refractivity contribution in [3.63, 3.8) is 0 Å². The Kier molecular flexibility index (Phi) is 2.56. The molecule has 0 saturated carbocycles. The van der Waals surface area contributed by atoms with Gasteiger partial charge in [-0.2, -0.15) is 4.98 Å². The highest BCUT2D eigenvalue weighted by Crippen LogP contribution is 2.38. The van der Waals surface area contributed by atoms with Crippen molar-refractivity contribution >= 4 is 11.7 Å². The van der Waals surface area contributed by atoms with Crippen molar-refractivity contribution < 1.29 is 9.53 Å². The van der Waals surface area contributed by atoms with E-state index in [9.17, 15) is 4.79 Å². The van der Waals surface area contributed by atoms with Gasteiger partial charge >= 0.3 is 0 Å². The van der Waals surface area contributed by atoms with Gasteiger partial charge in [-0.15, -0.1) is 5.10 Å². The summed E-state index contributed by atoms with van der Waals surface area (Å²) in [7, 11) is 0. The Morgan fingerprint density at radius 1 is 1.33 bits per heavy atom. The topological polar surface area (TPSA) is 72.6 Å². The smallest absolute Gasteiger partial charge is 0.293 e. The number of fused-ring (bicyclic) bond motifs is 1. The minimum Gasteiger partial charge on any atom is -0.381 e. The van der Waals surface area contributed by atoms with E-state index >= 15 is 0 Å². The fraction of sp³-hybridized carbons (Fsp3) is 0.571. The number of rotatable bonds is 1. The summed E-state index contributed by atoms with van der Waals surface area (Å²) in [6.45, 7) is 6.88. The third-order valence-corrected chi connectivity index (χ3v) is 4.33. The first kappa shape index (κ1) is 12.7. The zero-order valence-corrected chi connectivity index (χ0v) is 12.2. The number of carbonyl (C=O) groups is 1. The van der Waals surface area contributed by atoms with Crippen molar-refractivity contribution in [2.75, 3.05) is 26.3 Å². The summed E-state index contributed by atoms with van der Waals surface area (Å²) in [6, 6.07) is 1.92. The standard InChI is InChI=1S/C14H17N5O2/c1-9-5-10(2)19-13(15-9)16-11(17-19)12(20)18-6-14(7-18)3-4-21-8-14/h5H,3-4,6-8H2,1-2H3. The molecule has 2 aliphatic heterocycles. The lowest BCUT2D eigenvalue weighted by Crippen LogP contribution is -2.59. The maximum atomic E-state index is 12.5. The molecule has 2 aliphatic rings. The number of aryl methyl sites for hydroxylation is 2. The third kappa shape index (κ3) is 1.91. The average Bonchev–Trinajstić information content (AvgIpc) is 3.02. The van der Waals surface area contributed by atoms with Crippen molar-refractivity contribution in [3.8, 4) is 0 Å². The summed E-state index contributed by atoms with van der Waals surface area (Å²) >= 11 is 0. The number of carbonyl (C=O) groups excluding carboxylic acids is 1. The van der Waals surface area contributed by atoms with Crippen LogP contribution in [0.5, 0.6) is 0 Å². The van der Waals surface area contributed by atoms with Crippen molar-refractivity contribution in [2.24, 2.45) is 5.41 Å². The number of nitrogens with zero attached hydrogens (tertiary/aromatic N) is 5. The Labute approximate surface area is 121 Å². The van der Waals surface area contributed by atoms with Gasteiger partial charge in [0.1, 0.15) is 0 Å². The van der Waals surface area contributed by atoms with E-state index in [0.717, 1.165) is 44.1 Å². The summed E-state index contributed by atoms with van der Waals surface area (Å²) in [4.78, 5) is 22.8. The number of hydrogen-bond donors (Lipinski definition) is 0. The summed E-state index contributed by atoms with van der Waals surface area (Å²) in [5.41, 5.74) is 1.98. The van der Waals surface area contributed by atoms with Gasteiger partial charge in [0.15, 0.2) is 0 Å². The number of likely N-dealkylation sites (tertiary alicyclic amines) is 1. The van der Waals surface area contributed by atoms with Crippen molar-refractivity contribution in [2.45, 2.75) is 20.3 Å². The van der Waals surface area contributed by atoms with Crippen LogP contribution in [-0.4, -0.2) is 56.7 Å². The molecule has 0 aliphatic carbocycles. The van der Waals surface area contributed by atoms with Crippen molar-refractivity contribution in [1.29, 1.82) is 0 Å². The van der Waals surface area contributed by atoms with E-state index in [-0.39, 0.29) is 17.1 Å². The Balaban J connectivity index is 1.59. The molecule has 0 unspecified atom stereocenters. The van der Waals surface area contributed by atoms with Gasteiger partial charge in [-0.05, 0) is 26.3 Å². The molecule has 0 atom stereocenters. The zero-order chi connectivity index (χ0) is 14.6. The maximum absolute atomic E-state index is 12.5. The van der Waals surface area contributed by atoms with Crippen LogP contribution < -0.4 is 0 Å². The second-order valence-corrected chi connectivity index (χ2v) is 6.15. The molecule has 2 aromatic rings. The molecule has 110 valence electrons. The van der Waals surface area contributed by atoms with Gasteiger partial charge in [-0.1, -0.05) is 0 Å². The van der Waals surface area contributed by atoms with E-state index in [0.29, 0.717) is 5.78 Å². The number of amides is 1. The highest BCUT2D eigenvalue weighted by atomic mass is 16.5. The normalized spacial score (nSPS) is 20.2. The van der Waals surface area contributed by atoms with E-state index in [2.05, 4.69) is 15.1 Å². The average molecular weight is 287 g/mol. The van der Waals surface area contributed by atoms with Gasteiger partial charge in [-0.25, -0.2) is 9.50 Å². The first-order valence-corrected chi connectivity index (χ1v) is 7.14. The van der Waals surface area contributed by atoms with E-state index in [1.807, 2.05) is 19.9 Å². The van der Waals surface area contributed by atoms with Gasteiger partial charge in [0.25, 0.3) is 11.7 Å². The Bertz CT molecular complexity index is 724. The Morgan fingerprint density at radius 3 is 2.86 bits per heavy atom. The second-order valence-electron chi connectivity index (χ2n) is 6.15. The molecule has 7 heteroatoms. The molecule has 2 saturated heterocycles. The fourth-order valence-electron chi connectivity index (χ4n) is 3.20. The highest BCUT2D eigenvalue weighted by molar-refractivity contribution is 5.91. The quantitative estimate of drug-likeness (QED) is 0.768. The SMILES string of the molecule is Cc1cc(C)n2nc(C(=O)N3CC4(CCOC4)C3)nc2n1. The molecule has 21 heavy (non-hydrogen) atoms. The molecule has 0 bridgehead atoms. The van der Waals surface area contributed by atoms with Crippen LogP contribution in [0.25, 0.3) is 5.78 Å². The summed E-state index contributed by atoms with van der Waals surface area (Å²) in [6.07, 6.45) is 1.04. The van der Waals surface area contributed by atoms with Gasteiger partial charge in [0.05, 0.1) is 6.61 Å². The van der Waals surface area contributed by atoms with Crippen LogP contribution in [0.4, 0.5) is 0 Å². The Morgan fingerprint density at radius 2 is 2.14 bits per heavy atom. The molecule has 0 radical (unpaired) electrons. The van der Waals surface area contributed by atoms with Gasteiger partial charge in [-0.3, -0.25) is 4.79 Å². The van der Waals surface area contributed by atoms with Crippen molar-refractivity contribution in [1.82, 2.24) is 24.5 Å². The summed E-state index contributed by atoms with van der Waals surface area (Å²) in [5.74, 6) is 0.593. The zero-order valence-electron chi connectivity index (χ0n) is 12.2. The lowest BCUT2D eigenvalue weighted by Gasteiger charge is -2.46. The highest BCUT2D eigenvalue weighted by Gasteiger charge is 2.48. The molecular weight excluding hydrogens is 270 g/mol. The number of ether oxygens (including phenoxy) is 1. The summed E-state index contributed by atoms with van der Waals surface area (Å²) in [5, 5.41) is 4.29. The molecule has 0 aromatic carbocycles. The van der Waals surface area contributed by atoms with E-state index < -0.39 is 0 Å². The lowest BCUT2D eigenvalue weighted by atomic mass is 9.79. The van der Waals surface area contributed by atoms with Crippen LogP contribution in [0.3, 0.4) is 0 Å². The monoisotopic (exact) mass is 287 g/mol. The minimum atomic E-state index is -0.116. The van der Waals surface area contributed by atoms with Crippen LogP contribution >= 0.6 is 0 Å². The lowest BCUT2D eigenvalue weighted by molar-refractivity contribution is -0.000464. The van der Waals surface area contributed by atoms with Gasteiger partial charge in [0.2, 0.25) is 5.82 Å². The van der Waals surface area contributed by atoms with E-state index in [4.69, 9.17) is 4.74 Å². The summed E-state index contributed by atoms with van der Waals surface area (Å²) < 4.78 is 7.05. The molecule has 2 aromatic heterocycles. The molecule has 2 fully saturated rings. The largest absolute Gasteiger partial charge is 0.381 e. The molecule has 0 N–H and O–H groups in total. The predicted octanol–water partition coefficient (Wildman–Crippen LogP) is 0.604. The molecule has 4 heterocycles. The fourth-order valence-corrected chi connectivity index (χ4v) is 3.20. The van der Waals surface area contributed by atoms with E-state index in [1.165, 1.54) is 0 Å².